The van der Waals surface area contributed by atoms with Crippen LogP contribution in [0.4, 0.5) is 0 Å². The van der Waals surface area contributed by atoms with Gasteiger partial charge in [0.1, 0.15) is 0 Å². The third-order valence-corrected chi connectivity index (χ3v) is 3.33. The van der Waals surface area contributed by atoms with E-state index in [1.165, 1.54) is 11.1 Å². The summed E-state index contributed by atoms with van der Waals surface area (Å²) in [5.74, 6) is 1.71. The lowest BCUT2D eigenvalue weighted by Crippen LogP contribution is -2.19. The van der Waals surface area contributed by atoms with E-state index in [-0.39, 0.29) is 5.92 Å². The van der Waals surface area contributed by atoms with Crippen molar-refractivity contribution in [2.75, 3.05) is 0 Å². The maximum absolute atomic E-state index is 8.48. The lowest BCUT2D eigenvalue weighted by atomic mass is 9.77. The van der Waals surface area contributed by atoms with Gasteiger partial charge in [0.15, 0.2) is 5.82 Å². The van der Waals surface area contributed by atoms with Crippen molar-refractivity contribution in [2.24, 2.45) is 0 Å². The molecule has 1 aromatic carbocycles. The van der Waals surface area contributed by atoms with E-state index in [1.54, 1.807) is 0 Å². The standard InChI is InChI=1S/C14H13N3O/c15-8-4-3-7-13-16-14(17-18-13)12-9-10-5-1-2-6-11(10)12/h1-2,5-6,12H,3-4,7,9H2. The fourth-order valence-electron chi connectivity index (χ4n) is 2.32. The predicted octanol–water partition coefficient (Wildman–Crippen LogP) is 2.60. The molecule has 0 aliphatic heterocycles. The van der Waals surface area contributed by atoms with Gasteiger partial charge in [0.2, 0.25) is 5.89 Å². The Balaban J connectivity index is 1.70. The molecule has 4 heteroatoms. The zero-order chi connectivity index (χ0) is 12.4. The van der Waals surface area contributed by atoms with Crippen LogP contribution in [0.15, 0.2) is 28.8 Å². The number of fused-ring (bicyclic) bond motifs is 1. The Labute approximate surface area is 105 Å². The topological polar surface area (TPSA) is 62.7 Å². The molecule has 1 aliphatic rings. The van der Waals surface area contributed by atoms with Crippen LogP contribution < -0.4 is 0 Å². The summed E-state index contributed by atoms with van der Waals surface area (Å²) in [5.41, 5.74) is 2.68. The van der Waals surface area contributed by atoms with E-state index in [9.17, 15) is 0 Å². The molecule has 1 aromatic heterocycles. The van der Waals surface area contributed by atoms with Crippen molar-refractivity contribution in [1.82, 2.24) is 10.1 Å². The highest BCUT2D eigenvalue weighted by atomic mass is 16.5. The van der Waals surface area contributed by atoms with Gasteiger partial charge in [-0.1, -0.05) is 29.4 Å². The fraction of sp³-hybridized carbons (Fsp3) is 0.357. The highest BCUT2D eigenvalue weighted by molar-refractivity contribution is 5.43. The summed E-state index contributed by atoms with van der Waals surface area (Å²) in [7, 11) is 0. The van der Waals surface area contributed by atoms with E-state index in [2.05, 4.69) is 34.4 Å². The van der Waals surface area contributed by atoms with Crippen molar-refractivity contribution < 1.29 is 4.52 Å². The number of unbranched alkanes of at least 4 members (excludes halogenated alkanes) is 1. The molecule has 4 nitrogen and oxygen atoms in total. The molecule has 1 unspecified atom stereocenters. The highest BCUT2D eigenvalue weighted by Gasteiger charge is 2.30. The lowest BCUT2D eigenvalue weighted by molar-refractivity contribution is 0.368. The van der Waals surface area contributed by atoms with Crippen LogP contribution >= 0.6 is 0 Å². The summed E-state index contributed by atoms with van der Waals surface area (Å²) in [4.78, 5) is 4.42. The molecule has 90 valence electrons. The SMILES string of the molecule is N#CCCCc1nc(C2Cc3ccccc32)no1. The predicted molar refractivity (Wildman–Crippen MR) is 64.8 cm³/mol. The molecule has 0 saturated carbocycles. The molecule has 3 rings (SSSR count). The maximum Gasteiger partial charge on any atom is 0.226 e. The summed E-state index contributed by atoms with van der Waals surface area (Å²) in [5, 5.41) is 12.5. The largest absolute Gasteiger partial charge is 0.339 e. The molecule has 0 N–H and O–H groups in total. The van der Waals surface area contributed by atoms with E-state index in [1.807, 2.05) is 6.07 Å². The van der Waals surface area contributed by atoms with Crippen molar-refractivity contribution in [2.45, 2.75) is 31.6 Å². The fourth-order valence-corrected chi connectivity index (χ4v) is 2.32. The summed E-state index contributed by atoms with van der Waals surface area (Å²) in [6, 6.07) is 10.5. The van der Waals surface area contributed by atoms with Crippen LogP contribution in [0.2, 0.25) is 0 Å². The van der Waals surface area contributed by atoms with Gasteiger partial charge in [-0.3, -0.25) is 0 Å². The van der Waals surface area contributed by atoms with Gasteiger partial charge in [-0.15, -0.1) is 0 Å². The van der Waals surface area contributed by atoms with Crippen LogP contribution in [-0.2, 0) is 12.8 Å². The molecular formula is C14H13N3O. The van der Waals surface area contributed by atoms with E-state index in [0.29, 0.717) is 18.7 Å². The molecule has 0 radical (unpaired) electrons. The molecular weight excluding hydrogens is 226 g/mol. The molecule has 0 amide bonds. The number of rotatable bonds is 4. The smallest absolute Gasteiger partial charge is 0.226 e. The minimum atomic E-state index is 0.287. The van der Waals surface area contributed by atoms with Crippen molar-refractivity contribution >= 4 is 0 Å². The normalized spacial score (nSPS) is 16.7. The van der Waals surface area contributed by atoms with Gasteiger partial charge in [0.25, 0.3) is 0 Å². The summed E-state index contributed by atoms with van der Waals surface area (Å²) in [6.45, 7) is 0. The molecule has 0 bridgehead atoms. The highest BCUT2D eigenvalue weighted by Crippen LogP contribution is 2.38. The van der Waals surface area contributed by atoms with Crippen molar-refractivity contribution in [3.63, 3.8) is 0 Å². The van der Waals surface area contributed by atoms with E-state index >= 15 is 0 Å². The molecule has 1 aliphatic carbocycles. The summed E-state index contributed by atoms with van der Waals surface area (Å²) >= 11 is 0. The van der Waals surface area contributed by atoms with Crippen LogP contribution in [0, 0.1) is 11.3 Å². The molecule has 0 spiro atoms. The number of aromatic nitrogens is 2. The second-order valence-corrected chi connectivity index (χ2v) is 4.51. The van der Waals surface area contributed by atoms with Crippen LogP contribution in [0.1, 0.15) is 41.6 Å². The maximum atomic E-state index is 8.48. The molecule has 0 saturated heterocycles. The van der Waals surface area contributed by atoms with Gasteiger partial charge < -0.3 is 4.52 Å². The average molecular weight is 239 g/mol. The number of nitrogens with zero attached hydrogens (tertiary/aromatic N) is 3. The first-order valence-corrected chi connectivity index (χ1v) is 6.15. The quantitative estimate of drug-likeness (QED) is 0.769. The number of hydrogen-bond acceptors (Lipinski definition) is 4. The third-order valence-electron chi connectivity index (χ3n) is 3.33. The van der Waals surface area contributed by atoms with Crippen molar-refractivity contribution in [3.8, 4) is 6.07 Å². The number of nitriles is 1. The summed E-state index contributed by atoms with van der Waals surface area (Å²) < 4.78 is 5.21. The monoisotopic (exact) mass is 239 g/mol. The van der Waals surface area contributed by atoms with Crippen LogP contribution in [0.25, 0.3) is 0 Å². The van der Waals surface area contributed by atoms with Crippen LogP contribution in [-0.4, -0.2) is 10.1 Å². The van der Waals surface area contributed by atoms with Crippen molar-refractivity contribution in [3.05, 3.63) is 47.1 Å². The second-order valence-electron chi connectivity index (χ2n) is 4.51. The van der Waals surface area contributed by atoms with Gasteiger partial charge in [-0.2, -0.15) is 10.2 Å². The average Bonchev–Trinajstić information content (AvgIpc) is 2.80. The van der Waals surface area contributed by atoms with E-state index < -0.39 is 0 Å². The zero-order valence-corrected chi connectivity index (χ0v) is 9.97. The minimum Gasteiger partial charge on any atom is -0.339 e. The van der Waals surface area contributed by atoms with Crippen molar-refractivity contribution in [1.29, 1.82) is 5.26 Å². The first-order chi connectivity index (χ1) is 8.88. The Kier molecular flexibility index (Phi) is 2.81. The van der Waals surface area contributed by atoms with Gasteiger partial charge in [0.05, 0.1) is 12.0 Å². The second kappa shape index (κ2) is 4.61. The van der Waals surface area contributed by atoms with Crippen LogP contribution in [0.5, 0.6) is 0 Å². The Hall–Kier alpha value is -2.15. The molecule has 2 aromatic rings. The zero-order valence-electron chi connectivity index (χ0n) is 9.97. The van der Waals surface area contributed by atoms with Gasteiger partial charge in [0, 0.05) is 12.8 Å². The van der Waals surface area contributed by atoms with Gasteiger partial charge >= 0.3 is 0 Å². The third kappa shape index (κ3) is 1.88. The molecule has 0 fully saturated rings. The van der Waals surface area contributed by atoms with Crippen LogP contribution in [0.3, 0.4) is 0 Å². The van der Waals surface area contributed by atoms with Gasteiger partial charge in [-0.25, -0.2) is 0 Å². The Morgan fingerprint density at radius 1 is 1.39 bits per heavy atom. The Bertz CT molecular complexity index is 597. The Morgan fingerprint density at radius 2 is 2.28 bits per heavy atom. The first-order valence-electron chi connectivity index (χ1n) is 6.15. The first kappa shape index (κ1) is 11.0. The Morgan fingerprint density at radius 3 is 3.11 bits per heavy atom. The minimum absolute atomic E-state index is 0.287. The number of aryl methyl sites for hydroxylation is 1. The summed E-state index contributed by atoms with van der Waals surface area (Å²) in [6.07, 6.45) is 2.99. The molecule has 1 atom stereocenters. The molecule has 1 heterocycles. The lowest BCUT2D eigenvalue weighted by Gasteiger charge is -2.27. The number of hydrogen-bond donors (Lipinski definition) is 0. The van der Waals surface area contributed by atoms with E-state index in [4.69, 9.17) is 9.78 Å². The molecule has 18 heavy (non-hydrogen) atoms. The van der Waals surface area contributed by atoms with E-state index in [0.717, 1.165) is 18.7 Å². The van der Waals surface area contributed by atoms with Gasteiger partial charge in [-0.05, 0) is 24.0 Å². The number of benzene rings is 1.